The van der Waals surface area contributed by atoms with Crippen LogP contribution in [-0.2, 0) is 0 Å². The molecule has 0 saturated heterocycles. The average molecular weight is 679 g/mol. The number of thiophene rings is 1. The maximum Gasteiger partial charge on any atom is 0.0788 e. The van der Waals surface area contributed by atoms with Gasteiger partial charge in [0.2, 0.25) is 0 Å². The van der Waals surface area contributed by atoms with Gasteiger partial charge in [-0.15, -0.1) is 11.3 Å². The summed E-state index contributed by atoms with van der Waals surface area (Å²) in [6.07, 6.45) is 0. The molecule has 0 aliphatic carbocycles. The predicted molar refractivity (Wildman–Crippen MR) is 223 cm³/mol. The quantitative estimate of drug-likeness (QED) is 0.169. The molecule has 8 aromatic carbocycles. The van der Waals surface area contributed by atoms with E-state index in [-0.39, 0.29) is 0 Å². The molecule has 0 atom stereocenters. The molecule has 0 unspecified atom stereocenters. The average Bonchev–Trinajstić information content (AvgIpc) is 3.76. The molecule has 0 radical (unpaired) electrons. The number of fused-ring (bicyclic) bond motifs is 10. The topological polar surface area (TPSA) is 17.8 Å². The molecular formula is C49H30N2S. The van der Waals surface area contributed by atoms with Gasteiger partial charge in [0.05, 0.1) is 22.2 Å². The van der Waals surface area contributed by atoms with Gasteiger partial charge in [0.15, 0.2) is 0 Å². The highest BCUT2D eigenvalue weighted by Gasteiger charge is 2.18. The van der Waals surface area contributed by atoms with Gasteiger partial charge in [-0.25, -0.2) is 4.98 Å². The Morgan fingerprint density at radius 2 is 0.981 bits per heavy atom. The van der Waals surface area contributed by atoms with E-state index in [2.05, 4.69) is 187 Å². The van der Waals surface area contributed by atoms with E-state index in [0.29, 0.717) is 0 Å². The molecule has 0 aliphatic rings. The highest BCUT2D eigenvalue weighted by Crippen LogP contribution is 2.44. The van der Waals surface area contributed by atoms with Crippen LogP contribution in [0, 0.1) is 0 Å². The first kappa shape index (κ1) is 29.2. The molecule has 0 N–H and O–H groups in total. The zero-order chi connectivity index (χ0) is 34.2. The number of pyridine rings is 1. The maximum absolute atomic E-state index is 5.30. The Balaban J connectivity index is 1.07. The van der Waals surface area contributed by atoms with E-state index >= 15 is 0 Å². The Hall–Kier alpha value is -6.55. The molecule has 0 aliphatic heterocycles. The van der Waals surface area contributed by atoms with Crippen molar-refractivity contribution >= 4 is 75.0 Å². The Morgan fingerprint density at radius 3 is 1.79 bits per heavy atom. The summed E-state index contributed by atoms with van der Waals surface area (Å²) in [7, 11) is 0. The maximum atomic E-state index is 5.30. The van der Waals surface area contributed by atoms with E-state index in [1.54, 1.807) is 0 Å². The van der Waals surface area contributed by atoms with Gasteiger partial charge < -0.3 is 4.57 Å². The van der Waals surface area contributed by atoms with E-state index in [0.717, 1.165) is 16.8 Å². The van der Waals surface area contributed by atoms with Gasteiger partial charge in [0.1, 0.15) is 0 Å². The van der Waals surface area contributed by atoms with Gasteiger partial charge in [-0.05, 0) is 70.8 Å². The van der Waals surface area contributed by atoms with Crippen molar-refractivity contribution < 1.29 is 0 Å². The standard InChI is InChI=1S/C49H30N2S/c1-3-11-33(12-4-1)49-40-26-28-46-48(39-16-8-10-18-45(39)52-46)47(40)41-29-34(24-27-42(41)50-49)31-19-21-32(22-20-31)35-23-25-38-37-15-7-9-17-43(37)51(44(38)30-35)36-13-5-2-6-14-36/h1-30H. The molecule has 0 saturated carbocycles. The largest absolute Gasteiger partial charge is 0.309 e. The molecule has 11 aromatic rings. The normalized spacial score (nSPS) is 11.8. The van der Waals surface area contributed by atoms with Crippen LogP contribution in [0.15, 0.2) is 182 Å². The fraction of sp³-hybridized carbons (Fsp3) is 0. The Labute approximate surface area is 304 Å². The minimum Gasteiger partial charge on any atom is -0.309 e. The van der Waals surface area contributed by atoms with E-state index in [9.17, 15) is 0 Å². The van der Waals surface area contributed by atoms with E-state index in [1.165, 1.54) is 86.1 Å². The SMILES string of the molecule is c1ccc(-c2nc3ccc(-c4ccc(-c5ccc6c7ccccc7n(-c7ccccc7)c6c5)cc4)cc3c3c2ccc2sc4ccccc4c23)cc1. The smallest absolute Gasteiger partial charge is 0.0788 e. The molecule has 52 heavy (non-hydrogen) atoms. The number of hydrogen-bond donors (Lipinski definition) is 0. The third-order valence-electron chi connectivity index (χ3n) is 10.6. The summed E-state index contributed by atoms with van der Waals surface area (Å²) >= 11 is 1.87. The van der Waals surface area contributed by atoms with Crippen molar-refractivity contribution in [3.05, 3.63) is 182 Å². The number of para-hydroxylation sites is 2. The van der Waals surface area contributed by atoms with Gasteiger partial charge >= 0.3 is 0 Å². The molecule has 3 aromatic heterocycles. The van der Waals surface area contributed by atoms with Crippen LogP contribution in [0.5, 0.6) is 0 Å². The van der Waals surface area contributed by atoms with Crippen molar-refractivity contribution in [3.8, 4) is 39.2 Å². The molecule has 0 amide bonds. The second kappa shape index (κ2) is 11.5. The summed E-state index contributed by atoms with van der Waals surface area (Å²) in [5, 5.41) is 8.80. The van der Waals surface area contributed by atoms with Crippen LogP contribution in [-0.4, -0.2) is 9.55 Å². The Morgan fingerprint density at radius 1 is 0.365 bits per heavy atom. The third kappa shape index (κ3) is 4.46. The van der Waals surface area contributed by atoms with E-state index in [4.69, 9.17) is 4.98 Å². The molecule has 11 rings (SSSR count). The molecular weight excluding hydrogens is 649 g/mol. The molecule has 242 valence electrons. The van der Waals surface area contributed by atoms with Crippen molar-refractivity contribution in [3.63, 3.8) is 0 Å². The minimum absolute atomic E-state index is 1.01. The molecule has 0 spiro atoms. The first-order chi connectivity index (χ1) is 25.8. The van der Waals surface area contributed by atoms with E-state index < -0.39 is 0 Å². The van der Waals surface area contributed by atoms with Crippen LogP contribution in [0.1, 0.15) is 0 Å². The molecule has 3 heterocycles. The summed E-state index contributed by atoms with van der Waals surface area (Å²) in [4.78, 5) is 5.30. The number of hydrogen-bond acceptors (Lipinski definition) is 2. The summed E-state index contributed by atoms with van der Waals surface area (Å²) in [5.74, 6) is 0. The van der Waals surface area contributed by atoms with Crippen LogP contribution in [0.3, 0.4) is 0 Å². The molecule has 0 bridgehead atoms. The predicted octanol–water partition coefficient (Wildman–Crippen LogP) is 13.9. The zero-order valence-corrected chi connectivity index (χ0v) is 28.9. The molecule has 0 fully saturated rings. The minimum atomic E-state index is 1.01. The molecule has 2 nitrogen and oxygen atoms in total. The van der Waals surface area contributed by atoms with Gasteiger partial charge in [-0.3, -0.25) is 0 Å². The van der Waals surface area contributed by atoms with Gasteiger partial charge in [0.25, 0.3) is 0 Å². The Bertz CT molecular complexity index is 3150. The van der Waals surface area contributed by atoms with Crippen molar-refractivity contribution in [1.29, 1.82) is 0 Å². The first-order valence-electron chi connectivity index (χ1n) is 17.7. The highest BCUT2D eigenvalue weighted by molar-refractivity contribution is 7.26. The highest BCUT2D eigenvalue weighted by atomic mass is 32.1. The summed E-state index contributed by atoms with van der Waals surface area (Å²) < 4.78 is 5.00. The Kier molecular flexibility index (Phi) is 6.46. The lowest BCUT2D eigenvalue weighted by Gasteiger charge is -2.13. The first-order valence-corrected chi connectivity index (χ1v) is 18.5. The fourth-order valence-electron chi connectivity index (χ4n) is 8.16. The molecule has 3 heteroatoms. The number of nitrogens with zero attached hydrogens (tertiary/aromatic N) is 2. The van der Waals surface area contributed by atoms with E-state index in [1.807, 2.05) is 11.3 Å². The van der Waals surface area contributed by atoms with Gasteiger partial charge in [-0.1, -0.05) is 133 Å². The van der Waals surface area contributed by atoms with Crippen LogP contribution in [0.2, 0.25) is 0 Å². The monoisotopic (exact) mass is 678 g/mol. The second-order valence-electron chi connectivity index (χ2n) is 13.5. The lowest BCUT2D eigenvalue weighted by Crippen LogP contribution is -1.93. The lowest BCUT2D eigenvalue weighted by molar-refractivity contribution is 1.18. The summed E-state index contributed by atoms with van der Waals surface area (Å²) in [6, 6.07) is 66.0. The van der Waals surface area contributed by atoms with Crippen molar-refractivity contribution in [2.75, 3.05) is 0 Å². The van der Waals surface area contributed by atoms with Gasteiger partial charge in [0, 0.05) is 58.4 Å². The zero-order valence-electron chi connectivity index (χ0n) is 28.1. The number of rotatable bonds is 4. The van der Waals surface area contributed by atoms with Crippen molar-refractivity contribution in [1.82, 2.24) is 9.55 Å². The number of aromatic nitrogens is 2. The van der Waals surface area contributed by atoms with Crippen molar-refractivity contribution in [2.24, 2.45) is 0 Å². The lowest BCUT2D eigenvalue weighted by atomic mass is 9.94. The van der Waals surface area contributed by atoms with Gasteiger partial charge in [-0.2, -0.15) is 0 Å². The third-order valence-corrected chi connectivity index (χ3v) is 11.7. The van der Waals surface area contributed by atoms with Crippen molar-refractivity contribution in [2.45, 2.75) is 0 Å². The fourth-order valence-corrected chi connectivity index (χ4v) is 9.28. The summed E-state index contributed by atoms with van der Waals surface area (Å²) in [5.41, 5.74) is 11.5. The number of benzene rings is 8. The summed E-state index contributed by atoms with van der Waals surface area (Å²) in [6.45, 7) is 0. The van der Waals surface area contributed by atoms with Crippen LogP contribution in [0.25, 0.3) is 103 Å². The van der Waals surface area contributed by atoms with Crippen LogP contribution < -0.4 is 0 Å². The second-order valence-corrected chi connectivity index (χ2v) is 14.6. The van der Waals surface area contributed by atoms with Crippen LogP contribution >= 0.6 is 11.3 Å². The van der Waals surface area contributed by atoms with Crippen LogP contribution in [0.4, 0.5) is 0 Å².